The SMILES string of the molecule is CC(C)C1CCCCN1C(=O)CCCCC(=O)O. The summed E-state index contributed by atoms with van der Waals surface area (Å²) < 4.78 is 0. The first-order valence-corrected chi connectivity index (χ1v) is 7.03. The Labute approximate surface area is 109 Å². The normalized spacial score (nSPS) is 20.2. The van der Waals surface area contributed by atoms with Crippen LogP contribution in [0.4, 0.5) is 0 Å². The third-order valence-electron chi connectivity index (χ3n) is 3.67. The minimum atomic E-state index is -0.777. The number of amides is 1. The van der Waals surface area contributed by atoms with E-state index in [9.17, 15) is 9.59 Å². The van der Waals surface area contributed by atoms with Crippen LogP contribution in [0.25, 0.3) is 0 Å². The van der Waals surface area contributed by atoms with E-state index >= 15 is 0 Å². The van der Waals surface area contributed by atoms with Crippen molar-refractivity contribution in [1.29, 1.82) is 0 Å². The molecule has 0 saturated carbocycles. The quantitative estimate of drug-likeness (QED) is 0.742. The smallest absolute Gasteiger partial charge is 0.303 e. The molecule has 0 bridgehead atoms. The number of piperidine rings is 1. The average Bonchev–Trinajstić information content (AvgIpc) is 2.34. The Balaban J connectivity index is 2.36. The first-order valence-electron chi connectivity index (χ1n) is 7.03. The summed E-state index contributed by atoms with van der Waals surface area (Å²) in [5, 5.41) is 8.55. The van der Waals surface area contributed by atoms with E-state index in [4.69, 9.17) is 5.11 Å². The van der Waals surface area contributed by atoms with Gasteiger partial charge < -0.3 is 10.0 Å². The molecule has 1 saturated heterocycles. The van der Waals surface area contributed by atoms with Crippen LogP contribution in [0.3, 0.4) is 0 Å². The highest BCUT2D eigenvalue weighted by Gasteiger charge is 2.28. The van der Waals surface area contributed by atoms with Gasteiger partial charge in [-0.25, -0.2) is 0 Å². The number of likely N-dealkylation sites (tertiary alicyclic amines) is 1. The summed E-state index contributed by atoms with van der Waals surface area (Å²) in [6, 6.07) is 0.380. The van der Waals surface area contributed by atoms with Crippen molar-refractivity contribution in [2.75, 3.05) is 6.54 Å². The molecule has 18 heavy (non-hydrogen) atoms. The van der Waals surface area contributed by atoms with Crippen molar-refractivity contribution in [2.45, 2.75) is 64.8 Å². The monoisotopic (exact) mass is 255 g/mol. The second kappa shape index (κ2) is 7.39. The number of carbonyl (C=O) groups excluding carboxylic acids is 1. The Hall–Kier alpha value is -1.06. The number of hydrogen-bond donors (Lipinski definition) is 1. The van der Waals surface area contributed by atoms with Gasteiger partial charge in [0.15, 0.2) is 0 Å². The highest BCUT2D eigenvalue weighted by Crippen LogP contribution is 2.24. The molecule has 4 nitrogen and oxygen atoms in total. The predicted octanol–water partition coefficient (Wildman–Crippen LogP) is 2.67. The molecule has 0 spiro atoms. The molecular formula is C14H25NO3. The van der Waals surface area contributed by atoms with Gasteiger partial charge in [-0.3, -0.25) is 9.59 Å². The number of carboxylic acids is 1. The van der Waals surface area contributed by atoms with Crippen LogP contribution in [0.2, 0.25) is 0 Å². The van der Waals surface area contributed by atoms with E-state index in [1.165, 1.54) is 6.42 Å². The van der Waals surface area contributed by atoms with Crippen molar-refractivity contribution in [3.63, 3.8) is 0 Å². The lowest BCUT2D eigenvalue weighted by molar-refractivity contribution is -0.138. The summed E-state index contributed by atoms with van der Waals surface area (Å²) in [4.78, 5) is 24.6. The number of rotatable bonds is 6. The molecule has 1 N–H and O–H groups in total. The van der Waals surface area contributed by atoms with Crippen molar-refractivity contribution < 1.29 is 14.7 Å². The number of nitrogens with zero attached hydrogens (tertiary/aromatic N) is 1. The lowest BCUT2D eigenvalue weighted by atomic mass is 9.92. The van der Waals surface area contributed by atoms with Crippen LogP contribution in [-0.4, -0.2) is 34.5 Å². The number of carbonyl (C=O) groups is 2. The van der Waals surface area contributed by atoms with Crippen molar-refractivity contribution in [3.05, 3.63) is 0 Å². The second-order valence-corrected chi connectivity index (χ2v) is 5.50. The van der Waals surface area contributed by atoms with E-state index < -0.39 is 5.97 Å². The third kappa shape index (κ3) is 4.67. The number of hydrogen-bond acceptors (Lipinski definition) is 2. The van der Waals surface area contributed by atoms with E-state index in [0.29, 0.717) is 31.2 Å². The first kappa shape index (κ1) is 15.0. The van der Waals surface area contributed by atoms with Gasteiger partial charge in [-0.2, -0.15) is 0 Å². The number of aliphatic carboxylic acids is 1. The van der Waals surface area contributed by atoms with Crippen molar-refractivity contribution >= 4 is 11.9 Å². The molecule has 0 aromatic rings. The largest absolute Gasteiger partial charge is 0.481 e. The first-order chi connectivity index (χ1) is 8.52. The summed E-state index contributed by atoms with van der Waals surface area (Å²) >= 11 is 0. The lowest BCUT2D eigenvalue weighted by Crippen LogP contribution is -2.46. The Morgan fingerprint density at radius 2 is 1.89 bits per heavy atom. The molecule has 0 aliphatic carbocycles. The van der Waals surface area contributed by atoms with Crippen LogP contribution in [0.1, 0.15) is 58.8 Å². The number of unbranched alkanes of at least 4 members (excludes halogenated alkanes) is 1. The van der Waals surface area contributed by atoms with Crippen molar-refractivity contribution in [3.8, 4) is 0 Å². The van der Waals surface area contributed by atoms with Crippen LogP contribution in [0.15, 0.2) is 0 Å². The number of carboxylic acid groups (broad SMARTS) is 1. The van der Waals surface area contributed by atoms with E-state index in [1.54, 1.807) is 0 Å². The maximum atomic E-state index is 12.1. The summed E-state index contributed by atoms with van der Waals surface area (Å²) in [5.74, 6) is -0.0625. The fourth-order valence-corrected chi connectivity index (χ4v) is 2.66. The maximum absolute atomic E-state index is 12.1. The van der Waals surface area contributed by atoms with Gasteiger partial charge in [-0.15, -0.1) is 0 Å². The van der Waals surface area contributed by atoms with Gasteiger partial charge >= 0.3 is 5.97 Å². The summed E-state index contributed by atoms with van der Waals surface area (Å²) in [5.41, 5.74) is 0. The lowest BCUT2D eigenvalue weighted by Gasteiger charge is -2.38. The molecule has 1 rings (SSSR count). The van der Waals surface area contributed by atoms with E-state index in [1.807, 2.05) is 4.90 Å². The second-order valence-electron chi connectivity index (χ2n) is 5.50. The van der Waals surface area contributed by atoms with Crippen LogP contribution < -0.4 is 0 Å². The van der Waals surface area contributed by atoms with Crippen LogP contribution in [0, 0.1) is 5.92 Å². The van der Waals surface area contributed by atoms with Gasteiger partial charge in [-0.05, 0) is 38.0 Å². The van der Waals surface area contributed by atoms with Gasteiger partial charge in [0.25, 0.3) is 0 Å². The molecule has 0 aromatic heterocycles. The van der Waals surface area contributed by atoms with Crippen LogP contribution in [0.5, 0.6) is 0 Å². The van der Waals surface area contributed by atoms with Gasteiger partial charge in [0, 0.05) is 25.4 Å². The van der Waals surface area contributed by atoms with Gasteiger partial charge in [-0.1, -0.05) is 13.8 Å². The maximum Gasteiger partial charge on any atom is 0.303 e. The Kier molecular flexibility index (Phi) is 6.16. The molecule has 1 aliphatic rings. The molecule has 0 aromatic carbocycles. The Morgan fingerprint density at radius 3 is 2.50 bits per heavy atom. The fraction of sp³-hybridized carbons (Fsp3) is 0.857. The zero-order chi connectivity index (χ0) is 13.5. The predicted molar refractivity (Wildman–Crippen MR) is 70.3 cm³/mol. The molecule has 1 aliphatic heterocycles. The fourth-order valence-electron chi connectivity index (χ4n) is 2.66. The molecule has 1 amide bonds. The Bertz CT molecular complexity index is 289. The molecule has 0 radical (unpaired) electrons. The topological polar surface area (TPSA) is 57.6 Å². The van der Waals surface area contributed by atoms with Gasteiger partial charge in [0.05, 0.1) is 0 Å². The van der Waals surface area contributed by atoms with E-state index in [0.717, 1.165) is 19.4 Å². The van der Waals surface area contributed by atoms with E-state index in [-0.39, 0.29) is 12.3 Å². The summed E-state index contributed by atoms with van der Waals surface area (Å²) in [6.07, 6.45) is 5.37. The average molecular weight is 255 g/mol. The van der Waals surface area contributed by atoms with Crippen LogP contribution >= 0.6 is 0 Å². The molecule has 1 atom stereocenters. The molecule has 4 heteroatoms. The molecule has 1 fully saturated rings. The van der Waals surface area contributed by atoms with Crippen LogP contribution in [-0.2, 0) is 9.59 Å². The molecular weight excluding hydrogens is 230 g/mol. The standard InChI is InChI=1S/C14H25NO3/c1-11(2)12-7-5-6-10-15(12)13(16)8-3-4-9-14(17)18/h11-12H,3-10H2,1-2H3,(H,17,18). The molecule has 104 valence electrons. The van der Waals surface area contributed by atoms with Gasteiger partial charge in [0.2, 0.25) is 5.91 Å². The highest BCUT2D eigenvalue weighted by molar-refractivity contribution is 5.76. The zero-order valence-corrected chi connectivity index (χ0v) is 11.5. The van der Waals surface area contributed by atoms with E-state index in [2.05, 4.69) is 13.8 Å². The van der Waals surface area contributed by atoms with Crippen molar-refractivity contribution in [2.24, 2.45) is 5.92 Å². The highest BCUT2D eigenvalue weighted by atomic mass is 16.4. The molecule has 1 heterocycles. The zero-order valence-electron chi connectivity index (χ0n) is 11.5. The minimum absolute atomic E-state index is 0.168. The minimum Gasteiger partial charge on any atom is -0.481 e. The Morgan fingerprint density at radius 1 is 1.22 bits per heavy atom. The third-order valence-corrected chi connectivity index (χ3v) is 3.67. The van der Waals surface area contributed by atoms with Crippen molar-refractivity contribution in [1.82, 2.24) is 4.90 Å². The molecule has 1 unspecified atom stereocenters. The summed E-state index contributed by atoms with van der Waals surface area (Å²) in [6.45, 7) is 5.21. The summed E-state index contributed by atoms with van der Waals surface area (Å²) in [7, 11) is 0. The van der Waals surface area contributed by atoms with Gasteiger partial charge in [0.1, 0.15) is 0 Å².